The molecule has 0 atom stereocenters. The summed E-state index contributed by atoms with van der Waals surface area (Å²) in [6.07, 6.45) is 6.51. The van der Waals surface area contributed by atoms with E-state index < -0.39 is 5.97 Å². The average Bonchev–Trinajstić information content (AvgIpc) is 2.57. The van der Waals surface area contributed by atoms with Gasteiger partial charge < -0.3 is 19.5 Å². The molecular formula is C17H19NO5. The van der Waals surface area contributed by atoms with Crippen molar-refractivity contribution in [2.45, 2.75) is 6.92 Å². The first-order valence-corrected chi connectivity index (χ1v) is 7.37. The van der Waals surface area contributed by atoms with E-state index >= 15 is 0 Å². The van der Waals surface area contributed by atoms with E-state index in [9.17, 15) is 9.59 Å². The van der Waals surface area contributed by atoms with Gasteiger partial charge in [-0.05, 0) is 24.6 Å². The number of amides is 1. The molecule has 1 aliphatic rings. The molecule has 23 heavy (non-hydrogen) atoms. The number of rotatable bonds is 6. The number of nitrogens with one attached hydrogen (secondary N) is 1. The van der Waals surface area contributed by atoms with Gasteiger partial charge in [0.1, 0.15) is 19.8 Å². The Labute approximate surface area is 134 Å². The molecule has 0 saturated carbocycles. The monoisotopic (exact) mass is 317 g/mol. The summed E-state index contributed by atoms with van der Waals surface area (Å²) in [6.45, 7) is 2.97. The molecule has 2 rings (SSSR count). The van der Waals surface area contributed by atoms with Crippen LogP contribution in [0.1, 0.15) is 12.5 Å². The highest BCUT2D eigenvalue weighted by Crippen LogP contribution is 2.30. The molecule has 1 aliphatic heterocycles. The number of allylic oxidation sites excluding steroid dienone is 2. The Morgan fingerprint density at radius 3 is 2.78 bits per heavy atom. The first kappa shape index (κ1) is 16.6. The average molecular weight is 317 g/mol. The Kier molecular flexibility index (Phi) is 6.23. The molecule has 0 aromatic heterocycles. The number of fused-ring (bicyclic) bond motifs is 1. The van der Waals surface area contributed by atoms with E-state index in [-0.39, 0.29) is 12.5 Å². The summed E-state index contributed by atoms with van der Waals surface area (Å²) in [5.41, 5.74) is 0.936. The predicted molar refractivity (Wildman–Crippen MR) is 85.2 cm³/mol. The third-order valence-corrected chi connectivity index (χ3v) is 2.93. The van der Waals surface area contributed by atoms with Crippen LogP contribution in [0.25, 0.3) is 6.08 Å². The molecular weight excluding hydrogens is 298 g/mol. The molecule has 6 nitrogen and oxygen atoms in total. The maximum absolute atomic E-state index is 11.5. The standard InChI is InChI=1S/C17H19NO5/c1-2-21-17(20)12-18-16(19)6-4-3-5-13-7-8-14-15(11-13)23-10-9-22-14/h3-8,11H,2,9-10,12H2,1H3,(H,18,19)/b5-3+,6-4+. The minimum Gasteiger partial charge on any atom is -0.486 e. The van der Waals surface area contributed by atoms with Gasteiger partial charge in [0.2, 0.25) is 5.91 Å². The first-order valence-electron chi connectivity index (χ1n) is 7.37. The Morgan fingerprint density at radius 2 is 2.00 bits per heavy atom. The van der Waals surface area contributed by atoms with Gasteiger partial charge in [0.15, 0.2) is 11.5 Å². The zero-order valence-corrected chi connectivity index (χ0v) is 12.9. The lowest BCUT2D eigenvalue weighted by molar-refractivity contribution is -0.143. The lowest BCUT2D eigenvalue weighted by atomic mass is 10.2. The van der Waals surface area contributed by atoms with Crippen molar-refractivity contribution in [1.29, 1.82) is 0 Å². The lowest BCUT2D eigenvalue weighted by Crippen LogP contribution is -2.29. The summed E-state index contributed by atoms with van der Waals surface area (Å²) >= 11 is 0. The molecule has 0 saturated heterocycles. The maximum Gasteiger partial charge on any atom is 0.325 e. The normalized spacial score (nSPS) is 13.3. The SMILES string of the molecule is CCOC(=O)CNC(=O)/C=C/C=C/c1ccc2c(c1)OCCO2. The summed E-state index contributed by atoms with van der Waals surface area (Å²) in [6, 6.07) is 5.63. The highest BCUT2D eigenvalue weighted by Gasteiger charge is 2.10. The predicted octanol–water partition coefficient (Wildman–Crippen LogP) is 1.71. The topological polar surface area (TPSA) is 73.9 Å². The largest absolute Gasteiger partial charge is 0.486 e. The molecule has 6 heteroatoms. The minimum absolute atomic E-state index is 0.136. The van der Waals surface area contributed by atoms with Crippen LogP contribution >= 0.6 is 0 Å². The van der Waals surface area contributed by atoms with Gasteiger partial charge in [-0.25, -0.2) is 0 Å². The van der Waals surface area contributed by atoms with Crippen molar-refractivity contribution in [3.63, 3.8) is 0 Å². The lowest BCUT2D eigenvalue weighted by Gasteiger charge is -2.18. The van der Waals surface area contributed by atoms with Crippen molar-refractivity contribution in [2.75, 3.05) is 26.4 Å². The summed E-state index contributed by atoms with van der Waals surface area (Å²) in [7, 11) is 0. The highest BCUT2D eigenvalue weighted by molar-refractivity contribution is 5.90. The fourth-order valence-corrected chi connectivity index (χ4v) is 1.90. The van der Waals surface area contributed by atoms with Crippen LogP contribution in [0.2, 0.25) is 0 Å². The van der Waals surface area contributed by atoms with Crippen molar-refractivity contribution in [3.8, 4) is 11.5 Å². The highest BCUT2D eigenvalue weighted by atomic mass is 16.6. The number of ether oxygens (including phenoxy) is 3. The second kappa shape index (κ2) is 8.63. The number of carbonyl (C=O) groups excluding carboxylic acids is 2. The van der Waals surface area contributed by atoms with Crippen LogP contribution in [0.5, 0.6) is 11.5 Å². The zero-order valence-electron chi connectivity index (χ0n) is 12.9. The molecule has 0 radical (unpaired) electrons. The van der Waals surface area contributed by atoms with Gasteiger partial charge in [-0.3, -0.25) is 9.59 Å². The Bertz CT molecular complexity index is 621. The number of esters is 1. The van der Waals surface area contributed by atoms with Gasteiger partial charge in [0.05, 0.1) is 6.61 Å². The van der Waals surface area contributed by atoms with Crippen LogP contribution in [-0.4, -0.2) is 38.2 Å². The zero-order chi connectivity index (χ0) is 16.5. The summed E-state index contributed by atoms with van der Waals surface area (Å²) < 4.78 is 15.7. The van der Waals surface area contributed by atoms with E-state index in [0.29, 0.717) is 19.8 Å². The summed E-state index contributed by atoms with van der Waals surface area (Å²) in [4.78, 5) is 22.6. The molecule has 1 N–H and O–H groups in total. The first-order chi connectivity index (χ1) is 11.2. The van der Waals surface area contributed by atoms with Crippen molar-refractivity contribution >= 4 is 18.0 Å². The van der Waals surface area contributed by atoms with Crippen LogP contribution in [0.4, 0.5) is 0 Å². The molecule has 0 unspecified atom stereocenters. The van der Waals surface area contributed by atoms with Crippen molar-refractivity contribution in [1.82, 2.24) is 5.32 Å². The van der Waals surface area contributed by atoms with Gasteiger partial charge >= 0.3 is 5.97 Å². The molecule has 0 fully saturated rings. The molecule has 122 valence electrons. The van der Waals surface area contributed by atoms with E-state index in [1.54, 1.807) is 19.1 Å². The molecule has 1 aromatic rings. The van der Waals surface area contributed by atoms with Crippen molar-refractivity contribution in [3.05, 3.63) is 42.0 Å². The van der Waals surface area contributed by atoms with Gasteiger partial charge in [-0.15, -0.1) is 0 Å². The maximum atomic E-state index is 11.5. The number of hydrogen-bond acceptors (Lipinski definition) is 5. The van der Waals surface area contributed by atoms with Crippen molar-refractivity contribution in [2.24, 2.45) is 0 Å². The van der Waals surface area contributed by atoms with Crippen LogP contribution < -0.4 is 14.8 Å². The van der Waals surface area contributed by atoms with Gasteiger partial charge in [0, 0.05) is 6.08 Å². The van der Waals surface area contributed by atoms with E-state index in [2.05, 4.69) is 5.32 Å². The van der Waals surface area contributed by atoms with E-state index in [0.717, 1.165) is 17.1 Å². The summed E-state index contributed by atoms with van der Waals surface area (Å²) in [5, 5.41) is 2.44. The molecule has 0 aliphatic carbocycles. The van der Waals surface area contributed by atoms with Crippen LogP contribution in [0.15, 0.2) is 36.4 Å². The summed E-state index contributed by atoms with van der Waals surface area (Å²) in [5.74, 6) is 0.641. The van der Waals surface area contributed by atoms with Crippen LogP contribution in [-0.2, 0) is 14.3 Å². The molecule has 1 heterocycles. The minimum atomic E-state index is -0.457. The quantitative estimate of drug-likeness (QED) is 0.491. The van der Waals surface area contributed by atoms with Gasteiger partial charge in [0.25, 0.3) is 0 Å². The molecule has 0 spiro atoms. The fourth-order valence-electron chi connectivity index (χ4n) is 1.90. The third kappa shape index (κ3) is 5.50. The molecule has 1 aromatic carbocycles. The second-order valence-electron chi connectivity index (χ2n) is 4.64. The fraction of sp³-hybridized carbons (Fsp3) is 0.294. The van der Waals surface area contributed by atoms with Crippen LogP contribution in [0.3, 0.4) is 0 Å². The number of carbonyl (C=O) groups is 2. The Morgan fingerprint density at radius 1 is 1.22 bits per heavy atom. The second-order valence-corrected chi connectivity index (χ2v) is 4.64. The smallest absolute Gasteiger partial charge is 0.325 e. The Balaban J connectivity index is 1.81. The van der Waals surface area contributed by atoms with Crippen molar-refractivity contribution < 1.29 is 23.8 Å². The molecule has 0 bridgehead atoms. The van der Waals surface area contributed by atoms with E-state index in [1.165, 1.54) is 6.08 Å². The van der Waals surface area contributed by atoms with Crippen LogP contribution in [0, 0.1) is 0 Å². The van der Waals surface area contributed by atoms with Gasteiger partial charge in [-0.1, -0.05) is 24.3 Å². The van der Waals surface area contributed by atoms with E-state index in [1.807, 2.05) is 24.3 Å². The Hall–Kier alpha value is -2.76. The number of benzene rings is 1. The van der Waals surface area contributed by atoms with E-state index in [4.69, 9.17) is 14.2 Å². The molecule has 1 amide bonds. The van der Waals surface area contributed by atoms with Gasteiger partial charge in [-0.2, -0.15) is 0 Å². The number of hydrogen-bond donors (Lipinski definition) is 1. The third-order valence-electron chi connectivity index (χ3n) is 2.93.